The zero-order valence-corrected chi connectivity index (χ0v) is 25.3. The first-order chi connectivity index (χ1) is 19.3. The van der Waals surface area contributed by atoms with Crippen molar-refractivity contribution in [2.24, 2.45) is 0 Å². The SMILES string of the molecule is O=C(O)c1cc(F)c2nc(CN3CC[C@H](c4cccc(COc5ccc(Cl)cc5F)n4)C3)n(C[C@@H]3CCO3)c2c1.S.S. The minimum atomic E-state index is -1.18. The van der Waals surface area contributed by atoms with E-state index in [4.69, 9.17) is 26.1 Å². The number of carboxylic acids is 1. The fourth-order valence-corrected chi connectivity index (χ4v) is 5.44. The molecule has 4 heterocycles. The van der Waals surface area contributed by atoms with Crippen molar-refractivity contribution < 1.29 is 28.2 Å². The fourth-order valence-electron chi connectivity index (χ4n) is 5.28. The zero-order chi connectivity index (χ0) is 27.8. The molecule has 8 nitrogen and oxygen atoms in total. The van der Waals surface area contributed by atoms with Crippen LogP contribution >= 0.6 is 38.6 Å². The summed E-state index contributed by atoms with van der Waals surface area (Å²) in [5.41, 5.74) is 2.14. The van der Waals surface area contributed by atoms with Gasteiger partial charge >= 0.3 is 5.97 Å². The Hall–Kier alpha value is -2.90. The molecule has 0 unspecified atom stereocenters. The summed E-state index contributed by atoms with van der Waals surface area (Å²) < 4.78 is 42.1. The zero-order valence-electron chi connectivity index (χ0n) is 22.5. The first kappa shape index (κ1) is 32.0. The molecule has 0 aliphatic carbocycles. The van der Waals surface area contributed by atoms with Crippen molar-refractivity contribution in [2.45, 2.75) is 44.6 Å². The van der Waals surface area contributed by atoms with E-state index < -0.39 is 17.6 Å². The summed E-state index contributed by atoms with van der Waals surface area (Å²) in [6.07, 6.45) is 1.77. The van der Waals surface area contributed by atoms with E-state index in [0.29, 0.717) is 41.8 Å². The molecule has 0 spiro atoms. The lowest BCUT2D eigenvalue weighted by atomic mass is 10.0. The highest BCUT2D eigenvalue weighted by Gasteiger charge is 2.29. The third-order valence-corrected chi connectivity index (χ3v) is 7.70. The smallest absolute Gasteiger partial charge is 0.335 e. The molecule has 0 bridgehead atoms. The Morgan fingerprint density at radius 1 is 1.10 bits per heavy atom. The van der Waals surface area contributed by atoms with Gasteiger partial charge < -0.3 is 19.1 Å². The highest BCUT2D eigenvalue weighted by Crippen LogP contribution is 2.30. The normalized spacial score (nSPS) is 18.3. The van der Waals surface area contributed by atoms with Crippen LogP contribution < -0.4 is 4.74 Å². The average Bonchev–Trinajstić information content (AvgIpc) is 3.51. The maximum absolute atomic E-state index is 14.9. The first-order valence-electron chi connectivity index (χ1n) is 13.1. The molecular weight excluding hydrogens is 606 g/mol. The lowest BCUT2D eigenvalue weighted by molar-refractivity contribution is -0.0591. The molecule has 2 fully saturated rings. The highest BCUT2D eigenvalue weighted by molar-refractivity contribution is 7.59. The van der Waals surface area contributed by atoms with Gasteiger partial charge in [-0.1, -0.05) is 17.7 Å². The molecule has 13 heteroatoms. The molecule has 2 saturated heterocycles. The third kappa shape index (κ3) is 6.84. The van der Waals surface area contributed by atoms with Crippen molar-refractivity contribution in [3.05, 3.63) is 88.0 Å². The van der Waals surface area contributed by atoms with Crippen LogP contribution in [0, 0.1) is 11.6 Å². The summed E-state index contributed by atoms with van der Waals surface area (Å²) in [4.78, 5) is 23.2. The Balaban J connectivity index is 0.00000202. The van der Waals surface area contributed by atoms with Crippen LogP contribution in [0.25, 0.3) is 11.0 Å². The molecule has 1 N–H and O–H groups in total. The van der Waals surface area contributed by atoms with Gasteiger partial charge in [-0.2, -0.15) is 27.0 Å². The molecule has 2 atom stereocenters. The number of ether oxygens (including phenoxy) is 2. The third-order valence-electron chi connectivity index (χ3n) is 7.47. The highest BCUT2D eigenvalue weighted by atomic mass is 35.5. The van der Waals surface area contributed by atoms with Crippen LogP contribution in [0.2, 0.25) is 5.02 Å². The van der Waals surface area contributed by atoms with Crippen LogP contribution in [0.4, 0.5) is 8.78 Å². The number of rotatable bonds is 9. The first-order valence-corrected chi connectivity index (χ1v) is 13.5. The van der Waals surface area contributed by atoms with E-state index in [2.05, 4.69) is 9.88 Å². The molecule has 2 aromatic carbocycles. The van der Waals surface area contributed by atoms with Crippen molar-refractivity contribution in [1.82, 2.24) is 19.4 Å². The van der Waals surface area contributed by atoms with Crippen molar-refractivity contribution in [1.29, 1.82) is 0 Å². The van der Waals surface area contributed by atoms with Crippen molar-refractivity contribution >= 4 is 55.6 Å². The summed E-state index contributed by atoms with van der Waals surface area (Å²) >= 11 is 5.81. The maximum Gasteiger partial charge on any atom is 0.335 e. The molecule has 0 radical (unpaired) electrons. The van der Waals surface area contributed by atoms with Crippen LogP contribution in [0.15, 0.2) is 48.5 Å². The number of carbonyl (C=O) groups is 1. The Bertz CT molecular complexity index is 1590. The van der Waals surface area contributed by atoms with E-state index in [1.54, 1.807) is 6.07 Å². The van der Waals surface area contributed by atoms with Gasteiger partial charge in [-0.25, -0.2) is 18.6 Å². The van der Waals surface area contributed by atoms with Crippen LogP contribution in [0.5, 0.6) is 5.75 Å². The predicted octanol–water partition coefficient (Wildman–Crippen LogP) is 5.64. The number of imidazole rings is 1. The van der Waals surface area contributed by atoms with Gasteiger partial charge in [0.1, 0.15) is 17.9 Å². The fraction of sp³-hybridized carbons (Fsp3) is 0.345. The van der Waals surface area contributed by atoms with E-state index in [1.807, 2.05) is 22.8 Å². The summed E-state index contributed by atoms with van der Waals surface area (Å²) in [5, 5.41) is 9.75. The molecule has 0 saturated carbocycles. The van der Waals surface area contributed by atoms with Gasteiger partial charge in [0.2, 0.25) is 0 Å². The second-order valence-corrected chi connectivity index (χ2v) is 10.6. The number of nitrogens with zero attached hydrogens (tertiary/aromatic N) is 4. The number of carboxylic acid groups (broad SMARTS) is 1. The van der Waals surface area contributed by atoms with Crippen molar-refractivity contribution in [2.75, 3.05) is 19.7 Å². The minimum absolute atomic E-state index is 0. The van der Waals surface area contributed by atoms with Crippen molar-refractivity contribution in [3.8, 4) is 5.75 Å². The maximum atomic E-state index is 14.9. The second kappa shape index (κ2) is 13.6. The molecule has 2 aliphatic rings. The topological polar surface area (TPSA) is 89.7 Å². The number of hydrogen-bond donors (Lipinski definition) is 1. The Labute approximate surface area is 260 Å². The van der Waals surface area contributed by atoms with E-state index in [-0.39, 0.29) is 62.4 Å². The van der Waals surface area contributed by atoms with E-state index in [9.17, 15) is 18.7 Å². The number of pyridine rings is 1. The number of aromatic carboxylic acids is 1. The number of fused-ring (bicyclic) bond motifs is 1. The van der Waals surface area contributed by atoms with Gasteiger partial charge in [0.25, 0.3) is 0 Å². The van der Waals surface area contributed by atoms with Gasteiger partial charge in [-0.15, -0.1) is 0 Å². The average molecular weight is 637 g/mol. The summed E-state index contributed by atoms with van der Waals surface area (Å²) in [6, 6.07) is 12.5. The number of halogens is 3. The van der Waals surface area contributed by atoms with E-state index >= 15 is 0 Å². The molecule has 0 amide bonds. The minimum Gasteiger partial charge on any atom is -0.484 e. The van der Waals surface area contributed by atoms with Gasteiger partial charge in [0.05, 0.1) is 36.0 Å². The molecule has 2 aliphatic heterocycles. The summed E-state index contributed by atoms with van der Waals surface area (Å²) in [7, 11) is 0. The van der Waals surface area contributed by atoms with Crippen LogP contribution in [0.1, 0.15) is 46.3 Å². The molecule has 42 heavy (non-hydrogen) atoms. The monoisotopic (exact) mass is 636 g/mol. The number of aromatic nitrogens is 3. The van der Waals surface area contributed by atoms with Gasteiger partial charge in [-0.3, -0.25) is 9.88 Å². The Morgan fingerprint density at radius 2 is 1.90 bits per heavy atom. The number of likely N-dealkylation sites (tertiary alicyclic amines) is 1. The Kier molecular flexibility index (Phi) is 10.4. The van der Waals surface area contributed by atoms with Crippen molar-refractivity contribution in [3.63, 3.8) is 0 Å². The summed E-state index contributed by atoms with van der Waals surface area (Å²) in [5.74, 6) is -1.39. The molecule has 6 rings (SSSR count). The largest absolute Gasteiger partial charge is 0.484 e. The van der Waals surface area contributed by atoms with Gasteiger partial charge in [0.15, 0.2) is 17.4 Å². The van der Waals surface area contributed by atoms with Crippen LogP contribution in [0.3, 0.4) is 0 Å². The number of benzene rings is 2. The lowest BCUT2D eigenvalue weighted by Crippen LogP contribution is -2.32. The molecule has 224 valence electrons. The second-order valence-electron chi connectivity index (χ2n) is 10.2. The number of hydrogen-bond acceptors (Lipinski definition) is 6. The van der Waals surface area contributed by atoms with E-state index in [0.717, 1.165) is 37.7 Å². The van der Waals surface area contributed by atoms with Crippen LogP contribution in [-0.2, 0) is 24.4 Å². The van der Waals surface area contributed by atoms with E-state index in [1.165, 1.54) is 18.2 Å². The standard InChI is InChI=1S/C29H27ClF2N4O4.2H2S/c30-19-4-5-26(22(31)12-19)40-16-20-2-1-3-24(33-20)17-6-8-35(13-17)15-27-34-28-23(32)10-18(29(37)38)11-25(28)36(27)14-21-7-9-39-21;;/h1-5,10-12,17,21H,6-9,13-16H2,(H,37,38);2*1H2/t17-,21-;;/m0../s1. The molecule has 4 aromatic rings. The molecule has 2 aromatic heterocycles. The Morgan fingerprint density at radius 3 is 2.62 bits per heavy atom. The quantitative estimate of drug-likeness (QED) is 0.254. The lowest BCUT2D eigenvalue weighted by Gasteiger charge is -2.28. The molecular formula is C29H31ClF2N4O4S2. The van der Waals surface area contributed by atoms with Crippen LogP contribution in [-0.4, -0.2) is 56.3 Å². The van der Waals surface area contributed by atoms with Gasteiger partial charge in [-0.05, 0) is 61.9 Å². The predicted molar refractivity (Wildman–Crippen MR) is 164 cm³/mol. The summed E-state index contributed by atoms with van der Waals surface area (Å²) in [6.45, 7) is 3.31. The van der Waals surface area contributed by atoms with Gasteiger partial charge in [0, 0.05) is 29.8 Å².